The van der Waals surface area contributed by atoms with Crippen molar-refractivity contribution in [2.75, 3.05) is 0 Å². The van der Waals surface area contributed by atoms with Crippen LogP contribution in [0.5, 0.6) is 11.6 Å². The molecule has 0 aromatic carbocycles. The first-order valence-corrected chi connectivity index (χ1v) is 7.87. The Balaban J connectivity index is 1.76. The average molecular weight is 420 g/mol. The van der Waals surface area contributed by atoms with Gasteiger partial charge in [0.05, 0.1) is 29.0 Å². The summed E-state index contributed by atoms with van der Waals surface area (Å²) in [7, 11) is 0. The maximum atomic E-state index is 13.1. The fourth-order valence-electron chi connectivity index (χ4n) is 2.45. The van der Waals surface area contributed by atoms with Crippen molar-refractivity contribution in [1.82, 2.24) is 24.7 Å². The van der Waals surface area contributed by atoms with Crippen LogP contribution in [-0.2, 0) is 12.6 Å². The molecular formula is C15H7ClF5N5O2. The predicted molar refractivity (Wildman–Crippen MR) is 82.4 cm³/mol. The Morgan fingerprint density at radius 1 is 1.04 bits per heavy atom. The third kappa shape index (κ3) is 3.54. The van der Waals surface area contributed by atoms with Gasteiger partial charge in [0.15, 0.2) is 11.4 Å². The smallest absolute Gasteiger partial charge is 0.393 e. The monoisotopic (exact) mass is 419 g/mol. The van der Waals surface area contributed by atoms with Gasteiger partial charge in [-0.1, -0.05) is 11.6 Å². The summed E-state index contributed by atoms with van der Waals surface area (Å²) in [5, 5.41) is 3.77. The van der Waals surface area contributed by atoms with Crippen LogP contribution in [0.15, 0.2) is 30.7 Å². The molecule has 4 rings (SSSR count). The second-order valence-corrected chi connectivity index (χ2v) is 6.03. The Kier molecular flexibility index (Phi) is 4.10. The molecule has 0 N–H and O–H groups in total. The van der Waals surface area contributed by atoms with Crippen molar-refractivity contribution in [3.05, 3.63) is 53.0 Å². The molecule has 4 heterocycles. The van der Waals surface area contributed by atoms with Gasteiger partial charge in [-0.2, -0.15) is 18.3 Å². The minimum absolute atomic E-state index is 0.0421. The number of nitrogens with zero attached hydrogens (tertiary/aromatic N) is 5. The Morgan fingerprint density at radius 2 is 1.75 bits per heavy atom. The molecule has 7 nitrogen and oxygen atoms in total. The lowest BCUT2D eigenvalue weighted by Crippen LogP contribution is -2.26. The number of rotatable bonds is 3. The molecule has 3 aromatic rings. The molecule has 1 aliphatic rings. The molecule has 28 heavy (non-hydrogen) atoms. The zero-order chi connectivity index (χ0) is 20.1. The third-order valence-corrected chi connectivity index (χ3v) is 3.77. The van der Waals surface area contributed by atoms with Crippen LogP contribution in [0.2, 0.25) is 5.02 Å². The van der Waals surface area contributed by atoms with E-state index < -0.39 is 29.8 Å². The van der Waals surface area contributed by atoms with Crippen molar-refractivity contribution in [1.29, 1.82) is 0 Å². The maximum absolute atomic E-state index is 13.1. The highest BCUT2D eigenvalue weighted by molar-refractivity contribution is 6.30. The van der Waals surface area contributed by atoms with Crippen molar-refractivity contribution < 1.29 is 31.4 Å². The molecule has 0 spiro atoms. The number of hydrogen-bond acceptors (Lipinski definition) is 6. The Morgan fingerprint density at radius 3 is 2.43 bits per heavy atom. The molecule has 0 aliphatic carbocycles. The SMILES string of the molecule is FC1(F)Oc2cc(-n3nc(C(F)(F)F)cc3Cc3ncc(Cl)cn3)cnc2O1. The molecule has 0 unspecified atom stereocenters. The fraction of sp³-hybridized carbons (Fsp3) is 0.200. The number of alkyl halides is 5. The van der Waals surface area contributed by atoms with E-state index in [1.54, 1.807) is 0 Å². The van der Waals surface area contributed by atoms with Crippen molar-refractivity contribution in [3.63, 3.8) is 0 Å². The fourth-order valence-corrected chi connectivity index (χ4v) is 2.55. The van der Waals surface area contributed by atoms with Crippen molar-refractivity contribution in [2.45, 2.75) is 18.9 Å². The second kappa shape index (κ2) is 6.26. The van der Waals surface area contributed by atoms with Gasteiger partial charge in [-0.15, -0.1) is 8.78 Å². The van der Waals surface area contributed by atoms with Crippen LogP contribution >= 0.6 is 11.6 Å². The molecule has 1 aliphatic heterocycles. The molecule has 13 heteroatoms. The predicted octanol–water partition coefficient (Wildman–Crippen LogP) is 3.64. The molecule has 3 aromatic heterocycles. The van der Waals surface area contributed by atoms with Gasteiger partial charge in [0.2, 0.25) is 0 Å². The quantitative estimate of drug-likeness (QED) is 0.603. The van der Waals surface area contributed by atoms with E-state index in [9.17, 15) is 22.0 Å². The summed E-state index contributed by atoms with van der Waals surface area (Å²) in [5.74, 6) is -0.737. The molecule has 0 saturated carbocycles. The lowest BCUT2D eigenvalue weighted by molar-refractivity contribution is -0.287. The van der Waals surface area contributed by atoms with E-state index >= 15 is 0 Å². The van der Waals surface area contributed by atoms with E-state index in [0.29, 0.717) is 0 Å². The summed E-state index contributed by atoms with van der Waals surface area (Å²) in [5.41, 5.74) is -1.18. The molecule has 0 radical (unpaired) electrons. The van der Waals surface area contributed by atoms with Crippen LogP contribution in [-0.4, -0.2) is 31.0 Å². The Bertz CT molecular complexity index is 1040. The number of fused-ring (bicyclic) bond motifs is 1. The number of aromatic nitrogens is 5. The normalized spacial score (nSPS) is 15.1. The van der Waals surface area contributed by atoms with Crippen LogP contribution in [0.25, 0.3) is 5.69 Å². The zero-order valence-electron chi connectivity index (χ0n) is 13.4. The van der Waals surface area contributed by atoms with Crippen LogP contribution in [0.1, 0.15) is 17.2 Å². The average Bonchev–Trinajstić information content (AvgIpc) is 3.15. The number of halogens is 6. The maximum Gasteiger partial charge on any atom is 0.587 e. The first-order valence-electron chi connectivity index (χ1n) is 7.49. The molecule has 0 saturated heterocycles. The zero-order valence-corrected chi connectivity index (χ0v) is 14.2. The molecule has 0 atom stereocenters. The largest absolute Gasteiger partial charge is 0.587 e. The molecular weight excluding hydrogens is 413 g/mol. The summed E-state index contributed by atoms with van der Waals surface area (Å²) in [6.07, 6.45) is -5.15. The van der Waals surface area contributed by atoms with Gasteiger partial charge in [-0.3, -0.25) is 0 Å². The third-order valence-electron chi connectivity index (χ3n) is 3.58. The molecule has 0 fully saturated rings. The summed E-state index contributed by atoms with van der Waals surface area (Å²) in [6.45, 7) is 0. The number of pyridine rings is 1. The summed E-state index contributed by atoms with van der Waals surface area (Å²) < 4.78 is 75.0. The van der Waals surface area contributed by atoms with E-state index in [0.717, 1.165) is 23.0 Å². The topological polar surface area (TPSA) is 75.0 Å². The van der Waals surface area contributed by atoms with E-state index in [1.807, 2.05) is 0 Å². The highest BCUT2D eigenvalue weighted by atomic mass is 35.5. The number of ether oxygens (including phenoxy) is 2. The summed E-state index contributed by atoms with van der Waals surface area (Å²) in [6, 6.07) is 1.85. The van der Waals surface area contributed by atoms with E-state index in [2.05, 4.69) is 29.5 Å². The highest BCUT2D eigenvalue weighted by Gasteiger charge is 2.44. The van der Waals surface area contributed by atoms with Crippen LogP contribution in [0.3, 0.4) is 0 Å². The number of hydrogen-bond donors (Lipinski definition) is 0. The van der Waals surface area contributed by atoms with Gasteiger partial charge >= 0.3 is 12.5 Å². The minimum Gasteiger partial charge on any atom is -0.393 e. The first-order chi connectivity index (χ1) is 13.1. The van der Waals surface area contributed by atoms with Crippen molar-refractivity contribution in [3.8, 4) is 17.3 Å². The van der Waals surface area contributed by atoms with Crippen LogP contribution in [0.4, 0.5) is 22.0 Å². The molecule has 0 amide bonds. The molecule has 146 valence electrons. The second-order valence-electron chi connectivity index (χ2n) is 5.59. The van der Waals surface area contributed by atoms with E-state index in [1.165, 1.54) is 12.4 Å². The standard InChI is InChI=1S/C15H7ClF5N5O2/c16-7-4-22-12(23-5-7)3-8-2-11(14(17,18)19)25-26(8)9-1-10-13(24-6-9)28-15(20,21)27-10/h1-2,4-6H,3H2. The summed E-state index contributed by atoms with van der Waals surface area (Å²) in [4.78, 5) is 11.5. The minimum atomic E-state index is -4.72. The lowest BCUT2D eigenvalue weighted by atomic mass is 10.2. The van der Waals surface area contributed by atoms with Gasteiger partial charge < -0.3 is 9.47 Å². The van der Waals surface area contributed by atoms with Crippen LogP contribution < -0.4 is 9.47 Å². The van der Waals surface area contributed by atoms with Crippen molar-refractivity contribution in [2.24, 2.45) is 0 Å². The van der Waals surface area contributed by atoms with Gasteiger partial charge in [0, 0.05) is 18.5 Å². The van der Waals surface area contributed by atoms with E-state index in [4.69, 9.17) is 11.6 Å². The Hall–Kier alpha value is -3.02. The molecule has 0 bridgehead atoms. The van der Waals surface area contributed by atoms with Gasteiger partial charge in [0.25, 0.3) is 5.88 Å². The summed E-state index contributed by atoms with van der Waals surface area (Å²) >= 11 is 5.70. The van der Waals surface area contributed by atoms with Crippen molar-refractivity contribution >= 4 is 11.6 Å². The van der Waals surface area contributed by atoms with Crippen LogP contribution in [0, 0.1) is 0 Å². The lowest BCUT2D eigenvalue weighted by Gasteiger charge is -2.07. The van der Waals surface area contributed by atoms with Gasteiger partial charge in [-0.05, 0) is 6.07 Å². The van der Waals surface area contributed by atoms with Gasteiger partial charge in [-0.25, -0.2) is 19.6 Å². The highest BCUT2D eigenvalue weighted by Crippen LogP contribution is 2.40. The van der Waals surface area contributed by atoms with E-state index in [-0.39, 0.29) is 28.6 Å². The first kappa shape index (κ1) is 18.3. The van der Waals surface area contributed by atoms with Gasteiger partial charge in [0.1, 0.15) is 5.82 Å². The Labute approximate surface area is 157 Å².